The summed E-state index contributed by atoms with van der Waals surface area (Å²) in [4.78, 5) is 13.3. The summed E-state index contributed by atoms with van der Waals surface area (Å²) in [6.07, 6.45) is 0.900. The molecule has 6 heteroatoms. The van der Waals surface area contributed by atoms with E-state index in [1.54, 1.807) is 18.0 Å². The first-order valence-electron chi connectivity index (χ1n) is 7.15. The Balaban J connectivity index is 1.86. The van der Waals surface area contributed by atoms with Gasteiger partial charge in [0.05, 0.1) is 17.6 Å². The van der Waals surface area contributed by atoms with Crippen LogP contribution in [0, 0.1) is 5.92 Å². The Morgan fingerprint density at radius 1 is 1.33 bits per heavy atom. The Morgan fingerprint density at radius 2 is 2.10 bits per heavy atom. The average molecular weight is 309 g/mol. The van der Waals surface area contributed by atoms with Gasteiger partial charge in [-0.15, -0.1) is 0 Å². The first-order valence-corrected chi connectivity index (χ1v) is 8.97. The molecular weight excluding hydrogens is 290 g/mol. The van der Waals surface area contributed by atoms with Crippen LogP contribution in [0.25, 0.3) is 0 Å². The number of sulfone groups is 1. The number of rotatable bonds is 2. The zero-order valence-corrected chi connectivity index (χ0v) is 12.8. The summed E-state index contributed by atoms with van der Waals surface area (Å²) in [5.74, 6) is 0.0919. The standard InChI is InChI=1S/C15H19NO4S/c1-16-13-4-2-11(8-10(13)3-5-14(16)17)15(18)12-6-7-21(19,20)9-12/h2,4,8,12,15,18H,3,5-7,9H2,1H3. The molecule has 0 saturated carbocycles. The Kier molecular flexibility index (Phi) is 3.53. The molecule has 0 aromatic heterocycles. The number of hydrogen-bond acceptors (Lipinski definition) is 4. The predicted octanol–water partition coefficient (Wildman–Crippen LogP) is 1.06. The lowest BCUT2D eigenvalue weighted by Gasteiger charge is -2.27. The van der Waals surface area contributed by atoms with Crippen LogP contribution in [0.15, 0.2) is 18.2 Å². The number of fused-ring (bicyclic) bond motifs is 1. The minimum atomic E-state index is -2.99. The van der Waals surface area contributed by atoms with Crippen LogP contribution in [0.3, 0.4) is 0 Å². The minimum absolute atomic E-state index is 0.0592. The van der Waals surface area contributed by atoms with Crippen LogP contribution in [0.4, 0.5) is 5.69 Å². The number of nitrogens with zero attached hydrogens (tertiary/aromatic N) is 1. The van der Waals surface area contributed by atoms with Crippen molar-refractivity contribution in [2.24, 2.45) is 5.92 Å². The molecule has 5 nitrogen and oxygen atoms in total. The highest BCUT2D eigenvalue weighted by Gasteiger charge is 2.34. The van der Waals surface area contributed by atoms with Gasteiger partial charge >= 0.3 is 0 Å². The molecule has 114 valence electrons. The Hall–Kier alpha value is -1.40. The normalized spacial score (nSPS) is 25.7. The van der Waals surface area contributed by atoms with E-state index in [1.165, 1.54) is 0 Å². The Bertz CT molecular complexity index is 683. The molecule has 1 aromatic carbocycles. The summed E-state index contributed by atoms with van der Waals surface area (Å²) in [6.45, 7) is 0. The lowest BCUT2D eigenvalue weighted by Crippen LogP contribution is -2.31. The zero-order chi connectivity index (χ0) is 15.2. The molecule has 0 radical (unpaired) electrons. The number of hydrogen-bond donors (Lipinski definition) is 1. The maximum absolute atomic E-state index is 11.7. The largest absolute Gasteiger partial charge is 0.388 e. The number of carbonyl (C=O) groups excluding carboxylic acids is 1. The first kappa shape index (κ1) is 14.5. The van der Waals surface area contributed by atoms with Gasteiger partial charge in [0.1, 0.15) is 0 Å². The maximum atomic E-state index is 11.7. The van der Waals surface area contributed by atoms with E-state index in [4.69, 9.17) is 0 Å². The summed E-state index contributed by atoms with van der Waals surface area (Å²) < 4.78 is 23.1. The average Bonchev–Trinajstić information content (AvgIpc) is 2.82. The molecule has 0 spiro atoms. The Morgan fingerprint density at radius 3 is 2.76 bits per heavy atom. The molecule has 2 aliphatic rings. The van der Waals surface area contributed by atoms with Crippen LogP contribution in [0.5, 0.6) is 0 Å². The molecule has 1 fully saturated rings. The summed E-state index contributed by atoms with van der Waals surface area (Å²) in [6, 6.07) is 5.55. The van der Waals surface area contributed by atoms with Crippen LogP contribution in [-0.2, 0) is 21.1 Å². The van der Waals surface area contributed by atoms with Crippen molar-refractivity contribution in [1.82, 2.24) is 0 Å². The summed E-state index contributed by atoms with van der Waals surface area (Å²) in [5.41, 5.74) is 2.66. The van der Waals surface area contributed by atoms with Crippen LogP contribution >= 0.6 is 0 Å². The molecule has 0 aliphatic carbocycles. The Labute approximate surface area is 124 Å². The molecule has 2 atom stereocenters. The second-order valence-electron chi connectivity index (χ2n) is 5.95. The van der Waals surface area contributed by atoms with E-state index >= 15 is 0 Å². The van der Waals surface area contributed by atoms with Crippen LogP contribution < -0.4 is 4.90 Å². The van der Waals surface area contributed by atoms with Crippen molar-refractivity contribution in [3.63, 3.8) is 0 Å². The first-order chi connectivity index (χ1) is 9.87. The van der Waals surface area contributed by atoms with E-state index in [9.17, 15) is 18.3 Å². The highest BCUT2D eigenvalue weighted by Crippen LogP contribution is 2.35. The second kappa shape index (κ2) is 5.10. The molecule has 3 rings (SSSR count). The maximum Gasteiger partial charge on any atom is 0.227 e. The van der Waals surface area contributed by atoms with Gasteiger partial charge in [-0.05, 0) is 30.0 Å². The van der Waals surface area contributed by atoms with E-state index in [0.717, 1.165) is 16.8 Å². The molecule has 0 bridgehead atoms. The highest BCUT2D eigenvalue weighted by atomic mass is 32.2. The smallest absolute Gasteiger partial charge is 0.227 e. The summed E-state index contributed by atoms with van der Waals surface area (Å²) in [5, 5.41) is 10.4. The van der Waals surface area contributed by atoms with Gasteiger partial charge < -0.3 is 10.0 Å². The fourth-order valence-corrected chi connectivity index (χ4v) is 5.04. The molecule has 2 unspecified atom stereocenters. The van der Waals surface area contributed by atoms with E-state index in [1.807, 2.05) is 12.1 Å². The van der Waals surface area contributed by atoms with Gasteiger partial charge in [-0.1, -0.05) is 12.1 Å². The van der Waals surface area contributed by atoms with Gasteiger partial charge in [0, 0.05) is 25.1 Å². The number of aliphatic hydroxyl groups is 1. The molecule has 2 aliphatic heterocycles. The van der Waals surface area contributed by atoms with E-state index in [2.05, 4.69) is 0 Å². The van der Waals surface area contributed by atoms with E-state index in [-0.39, 0.29) is 23.3 Å². The van der Waals surface area contributed by atoms with Crippen LogP contribution in [0.1, 0.15) is 30.1 Å². The van der Waals surface area contributed by atoms with Crippen LogP contribution in [-0.4, -0.2) is 38.0 Å². The van der Waals surface area contributed by atoms with Gasteiger partial charge in [0.15, 0.2) is 9.84 Å². The minimum Gasteiger partial charge on any atom is -0.388 e. The molecule has 21 heavy (non-hydrogen) atoms. The number of aliphatic hydroxyl groups excluding tert-OH is 1. The molecule has 2 heterocycles. The van der Waals surface area contributed by atoms with Crippen molar-refractivity contribution in [2.75, 3.05) is 23.5 Å². The number of carbonyl (C=O) groups is 1. The zero-order valence-electron chi connectivity index (χ0n) is 11.9. The summed E-state index contributed by atoms with van der Waals surface area (Å²) in [7, 11) is -1.24. The van der Waals surface area contributed by atoms with Crippen molar-refractivity contribution >= 4 is 21.4 Å². The fraction of sp³-hybridized carbons (Fsp3) is 0.533. The van der Waals surface area contributed by atoms with Gasteiger partial charge in [-0.3, -0.25) is 4.79 Å². The number of benzene rings is 1. The van der Waals surface area contributed by atoms with E-state index < -0.39 is 15.9 Å². The highest BCUT2D eigenvalue weighted by molar-refractivity contribution is 7.91. The van der Waals surface area contributed by atoms with Gasteiger partial charge in [-0.25, -0.2) is 8.42 Å². The van der Waals surface area contributed by atoms with Gasteiger partial charge in [0.2, 0.25) is 5.91 Å². The SMILES string of the molecule is CN1C(=O)CCc2cc(C(O)C3CCS(=O)(=O)C3)ccc21. The molecule has 1 aromatic rings. The third-order valence-electron chi connectivity index (χ3n) is 4.50. The summed E-state index contributed by atoms with van der Waals surface area (Å²) >= 11 is 0. The third-order valence-corrected chi connectivity index (χ3v) is 6.30. The molecule has 1 saturated heterocycles. The fourth-order valence-electron chi connectivity index (χ4n) is 3.21. The lowest BCUT2D eigenvalue weighted by atomic mass is 9.91. The van der Waals surface area contributed by atoms with Crippen LogP contribution in [0.2, 0.25) is 0 Å². The number of aryl methyl sites for hydroxylation is 1. The lowest BCUT2D eigenvalue weighted by molar-refractivity contribution is -0.118. The van der Waals surface area contributed by atoms with Crippen molar-refractivity contribution in [3.05, 3.63) is 29.3 Å². The van der Waals surface area contributed by atoms with Gasteiger partial charge in [0.25, 0.3) is 0 Å². The van der Waals surface area contributed by atoms with Crippen molar-refractivity contribution in [1.29, 1.82) is 0 Å². The monoisotopic (exact) mass is 309 g/mol. The predicted molar refractivity (Wildman–Crippen MR) is 79.9 cm³/mol. The topological polar surface area (TPSA) is 74.7 Å². The number of anilines is 1. The molecule has 1 N–H and O–H groups in total. The van der Waals surface area contributed by atoms with Crippen molar-refractivity contribution < 1.29 is 18.3 Å². The third kappa shape index (κ3) is 2.70. The molecular formula is C15H19NO4S. The quantitative estimate of drug-likeness (QED) is 0.886. The number of amides is 1. The second-order valence-corrected chi connectivity index (χ2v) is 8.18. The van der Waals surface area contributed by atoms with Crippen molar-refractivity contribution in [3.8, 4) is 0 Å². The molecule has 1 amide bonds. The van der Waals surface area contributed by atoms with E-state index in [0.29, 0.717) is 19.3 Å². The van der Waals surface area contributed by atoms with Gasteiger partial charge in [-0.2, -0.15) is 0 Å². The van der Waals surface area contributed by atoms with Crippen molar-refractivity contribution in [2.45, 2.75) is 25.4 Å².